The maximum absolute atomic E-state index is 13.4. The molecule has 7 nitrogen and oxygen atoms in total. The van der Waals surface area contributed by atoms with Crippen LogP contribution in [0.15, 0.2) is 66.1 Å². The van der Waals surface area contributed by atoms with Gasteiger partial charge >= 0.3 is 0 Å². The monoisotopic (exact) mass is 422 g/mol. The summed E-state index contributed by atoms with van der Waals surface area (Å²) in [6.45, 7) is 0. The Labute approximate surface area is 174 Å². The van der Waals surface area contributed by atoms with Crippen LogP contribution in [0, 0.1) is 0 Å². The summed E-state index contributed by atoms with van der Waals surface area (Å²) in [7, 11) is -1.99. The Kier molecular flexibility index (Phi) is 4.48. The molecule has 3 heterocycles. The molecule has 3 aromatic heterocycles. The van der Waals surface area contributed by atoms with Crippen LogP contribution in [0.1, 0.15) is 30.7 Å². The van der Waals surface area contributed by atoms with Gasteiger partial charge in [-0.3, -0.25) is 4.68 Å². The van der Waals surface area contributed by atoms with Crippen molar-refractivity contribution in [3.8, 4) is 11.1 Å². The fourth-order valence-corrected chi connectivity index (χ4v) is 5.65. The van der Waals surface area contributed by atoms with E-state index in [1.54, 1.807) is 53.6 Å². The summed E-state index contributed by atoms with van der Waals surface area (Å²) in [5.41, 5.74) is 2.87. The number of aromatic nitrogens is 4. The van der Waals surface area contributed by atoms with Crippen molar-refractivity contribution in [2.75, 3.05) is 0 Å². The van der Waals surface area contributed by atoms with Gasteiger partial charge in [0.1, 0.15) is 0 Å². The minimum absolute atomic E-state index is 0.0257. The zero-order valence-corrected chi connectivity index (χ0v) is 17.3. The predicted octanol–water partition coefficient (Wildman–Crippen LogP) is 3.30. The summed E-state index contributed by atoms with van der Waals surface area (Å²) in [4.78, 5) is 4.76. The second-order valence-corrected chi connectivity index (χ2v) is 9.62. The van der Waals surface area contributed by atoms with Crippen LogP contribution in [-0.2, 0) is 17.1 Å². The van der Waals surface area contributed by atoms with Gasteiger partial charge in [0.15, 0.2) is 5.65 Å². The summed E-state index contributed by atoms with van der Waals surface area (Å²) in [6, 6.07) is 10.3. The lowest BCUT2D eigenvalue weighted by Gasteiger charge is -2.14. The number of aliphatic hydroxyl groups is 1. The number of benzene rings is 1. The molecule has 1 fully saturated rings. The van der Waals surface area contributed by atoms with Crippen LogP contribution in [0.25, 0.3) is 22.2 Å². The molecule has 1 saturated carbocycles. The number of nitrogens with zero attached hydrogens (tertiary/aromatic N) is 4. The minimum Gasteiger partial charge on any atom is -0.392 e. The zero-order chi connectivity index (χ0) is 20.9. The first-order valence-electron chi connectivity index (χ1n) is 9.94. The Hall–Kier alpha value is -2.97. The van der Waals surface area contributed by atoms with Gasteiger partial charge in [-0.2, -0.15) is 5.10 Å². The molecular formula is C22H22N4O3S. The molecule has 2 atom stereocenters. The van der Waals surface area contributed by atoms with Crippen LogP contribution in [-0.4, -0.2) is 38.4 Å². The van der Waals surface area contributed by atoms with Crippen LogP contribution < -0.4 is 0 Å². The smallest absolute Gasteiger partial charge is 0.269 e. The van der Waals surface area contributed by atoms with Crippen molar-refractivity contribution in [3.05, 3.63) is 66.7 Å². The molecule has 0 radical (unpaired) electrons. The van der Waals surface area contributed by atoms with E-state index in [1.807, 2.05) is 19.3 Å². The Morgan fingerprint density at radius 3 is 2.57 bits per heavy atom. The van der Waals surface area contributed by atoms with Crippen LogP contribution in [0.4, 0.5) is 0 Å². The molecule has 8 heteroatoms. The minimum atomic E-state index is -3.81. The third-order valence-electron chi connectivity index (χ3n) is 5.86. The Balaban J connectivity index is 1.74. The number of aliphatic hydroxyl groups excluding tert-OH is 1. The highest BCUT2D eigenvalue weighted by Gasteiger charge is 2.29. The van der Waals surface area contributed by atoms with Gasteiger partial charge in [-0.1, -0.05) is 24.6 Å². The van der Waals surface area contributed by atoms with E-state index in [0.29, 0.717) is 5.65 Å². The highest BCUT2D eigenvalue weighted by molar-refractivity contribution is 7.90. The number of hydrogen-bond donors (Lipinski definition) is 1. The van der Waals surface area contributed by atoms with Gasteiger partial charge in [-0.05, 0) is 36.6 Å². The molecule has 0 bridgehead atoms. The Bertz CT molecular complexity index is 1330. The summed E-state index contributed by atoms with van der Waals surface area (Å²) in [5.74, 6) is 0.0257. The number of fused-ring (bicyclic) bond motifs is 1. The molecule has 1 aromatic carbocycles. The lowest BCUT2D eigenvalue weighted by atomic mass is 9.96. The first kappa shape index (κ1) is 19.0. The van der Waals surface area contributed by atoms with E-state index in [1.165, 1.54) is 3.97 Å². The molecular weight excluding hydrogens is 400 g/mol. The van der Waals surface area contributed by atoms with E-state index in [4.69, 9.17) is 0 Å². The fourth-order valence-electron chi connectivity index (χ4n) is 4.31. The number of hydrogen-bond acceptors (Lipinski definition) is 5. The summed E-state index contributed by atoms with van der Waals surface area (Å²) in [6.07, 6.45) is 9.15. The van der Waals surface area contributed by atoms with Gasteiger partial charge in [-0.25, -0.2) is 17.4 Å². The SMILES string of the molecule is Cn1cc(-c2cn(S(=O)(=O)c3ccccc3)c3ncc([C@@H]4CCC[C@H]4O)cc23)cn1. The number of aryl methyl sites for hydroxylation is 1. The summed E-state index contributed by atoms with van der Waals surface area (Å²) < 4.78 is 29.6. The van der Waals surface area contributed by atoms with E-state index in [-0.39, 0.29) is 16.9 Å². The number of rotatable bonds is 4. The normalized spacial score (nSPS) is 19.5. The maximum atomic E-state index is 13.4. The van der Waals surface area contributed by atoms with E-state index in [0.717, 1.165) is 41.3 Å². The van der Waals surface area contributed by atoms with Crippen LogP contribution >= 0.6 is 0 Å². The summed E-state index contributed by atoms with van der Waals surface area (Å²) in [5, 5.41) is 15.3. The van der Waals surface area contributed by atoms with Gasteiger partial charge in [0.25, 0.3) is 10.0 Å². The van der Waals surface area contributed by atoms with Gasteiger partial charge in [0.05, 0.1) is 17.2 Å². The quantitative estimate of drug-likeness (QED) is 0.545. The molecule has 1 aliphatic rings. The molecule has 0 saturated heterocycles. The third-order valence-corrected chi connectivity index (χ3v) is 7.52. The second kappa shape index (κ2) is 7.07. The van der Waals surface area contributed by atoms with Crippen molar-refractivity contribution in [2.45, 2.75) is 36.2 Å². The highest BCUT2D eigenvalue weighted by Crippen LogP contribution is 2.38. The lowest BCUT2D eigenvalue weighted by Crippen LogP contribution is -2.13. The van der Waals surface area contributed by atoms with Crippen LogP contribution in [0.5, 0.6) is 0 Å². The highest BCUT2D eigenvalue weighted by atomic mass is 32.2. The molecule has 1 aliphatic carbocycles. The fraction of sp³-hybridized carbons (Fsp3) is 0.273. The van der Waals surface area contributed by atoms with Crippen LogP contribution in [0.3, 0.4) is 0 Å². The average Bonchev–Trinajstić information content (AvgIpc) is 3.46. The molecule has 1 N–H and O–H groups in total. The maximum Gasteiger partial charge on any atom is 0.269 e. The average molecular weight is 423 g/mol. The zero-order valence-electron chi connectivity index (χ0n) is 16.5. The van der Waals surface area contributed by atoms with Crippen molar-refractivity contribution >= 4 is 21.1 Å². The molecule has 0 unspecified atom stereocenters. The largest absolute Gasteiger partial charge is 0.392 e. The van der Waals surface area contributed by atoms with E-state index < -0.39 is 10.0 Å². The molecule has 4 aromatic rings. The standard InChI is InChI=1S/C22H22N4O3S/c1-25-13-16(12-24-25)20-14-26(30(28,29)17-6-3-2-4-7-17)22-19(20)10-15(11-23-22)18-8-5-9-21(18)27/h2-4,6-7,10-14,18,21,27H,5,8-9H2,1H3/t18-,21+/m0/s1. The van der Waals surface area contributed by atoms with Crippen molar-refractivity contribution in [1.82, 2.24) is 18.7 Å². The van der Waals surface area contributed by atoms with Gasteiger partial charge < -0.3 is 5.11 Å². The Morgan fingerprint density at radius 1 is 1.10 bits per heavy atom. The predicted molar refractivity (Wildman–Crippen MR) is 114 cm³/mol. The topological polar surface area (TPSA) is 90.0 Å². The van der Waals surface area contributed by atoms with Crippen molar-refractivity contribution in [3.63, 3.8) is 0 Å². The first-order valence-corrected chi connectivity index (χ1v) is 11.4. The van der Waals surface area contributed by atoms with E-state index in [9.17, 15) is 13.5 Å². The molecule has 0 amide bonds. The second-order valence-electron chi connectivity index (χ2n) is 7.80. The van der Waals surface area contributed by atoms with Crippen molar-refractivity contribution in [1.29, 1.82) is 0 Å². The third kappa shape index (κ3) is 3.03. The van der Waals surface area contributed by atoms with Crippen molar-refractivity contribution in [2.24, 2.45) is 7.05 Å². The lowest BCUT2D eigenvalue weighted by molar-refractivity contribution is 0.164. The van der Waals surface area contributed by atoms with Crippen molar-refractivity contribution < 1.29 is 13.5 Å². The van der Waals surface area contributed by atoms with Gasteiger partial charge in [0, 0.05) is 48.1 Å². The van der Waals surface area contributed by atoms with E-state index in [2.05, 4.69) is 10.1 Å². The molecule has 0 aliphatic heterocycles. The number of pyridine rings is 1. The molecule has 30 heavy (non-hydrogen) atoms. The molecule has 0 spiro atoms. The molecule has 5 rings (SSSR count). The Morgan fingerprint density at radius 2 is 1.90 bits per heavy atom. The van der Waals surface area contributed by atoms with Gasteiger partial charge in [-0.15, -0.1) is 0 Å². The summed E-state index contributed by atoms with van der Waals surface area (Å²) >= 11 is 0. The first-order chi connectivity index (χ1) is 14.4. The van der Waals surface area contributed by atoms with Crippen LogP contribution in [0.2, 0.25) is 0 Å². The van der Waals surface area contributed by atoms with Gasteiger partial charge in [0.2, 0.25) is 0 Å². The molecule has 154 valence electrons. The van der Waals surface area contributed by atoms with E-state index >= 15 is 0 Å².